The van der Waals surface area contributed by atoms with Crippen LogP contribution in [0, 0.1) is 13.8 Å². The first-order valence-corrected chi connectivity index (χ1v) is 7.93. The fourth-order valence-electron chi connectivity index (χ4n) is 1.70. The Morgan fingerprint density at radius 1 is 1.57 bits per heavy atom. The average molecular weight is 371 g/mol. The van der Waals surface area contributed by atoms with Gasteiger partial charge in [-0.2, -0.15) is 5.10 Å². The Bertz CT molecular complexity index is 664. The molecule has 0 amide bonds. The van der Waals surface area contributed by atoms with Crippen molar-refractivity contribution in [2.24, 2.45) is 10.9 Å². The van der Waals surface area contributed by atoms with Crippen molar-refractivity contribution in [3.8, 4) is 0 Å². The highest BCUT2D eigenvalue weighted by atomic mass is 79.9. The van der Waals surface area contributed by atoms with Crippen LogP contribution >= 0.6 is 27.3 Å². The monoisotopic (exact) mass is 370 g/mol. The van der Waals surface area contributed by atoms with Crippen molar-refractivity contribution in [2.45, 2.75) is 26.8 Å². The lowest BCUT2D eigenvalue weighted by atomic mass is 10.4. The normalized spacial score (nSPS) is 11.7. The Hall–Kier alpha value is -1.67. The summed E-state index contributed by atoms with van der Waals surface area (Å²) >= 11 is 4.87. The second-order valence-electron chi connectivity index (χ2n) is 4.38. The summed E-state index contributed by atoms with van der Waals surface area (Å²) in [6, 6.07) is 3.66. The number of hydrogen-bond donors (Lipinski definition) is 1. The van der Waals surface area contributed by atoms with E-state index in [1.54, 1.807) is 4.68 Å². The van der Waals surface area contributed by atoms with Crippen molar-refractivity contribution in [2.75, 3.05) is 0 Å². The maximum absolute atomic E-state index is 11.7. The number of nitrogens with two attached hydrogens (primary N) is 1. The summed E-state index contributed by atoms with van der Waals surface area (Å²) < 4.78 is 2.71. The zero-order valence-corrected chi connectivity index (χ0v) is 14.1. The Kier molecular flexibility index (Phi) is 5.13. The number of carbonyl (C=O) groups is 1. The number of aromatic nitrogens is 2. The number of amidine groups is 1. The molecule has 2 N–H and O–H groups in total. The van der Waals surface area contributed by atoms with Gasteiger partial charge in [0.2, 0.25) is 0 Å². The lowest BCUT2D eigenvalue weighted by Gasteiger charge is -2.03. The molecule has 2 aromatic heterocycles. The predicted molar refractivity (Wildman–Crippen MR) is 85.2 cm³/mol. The molecule has 2 heterocycles. The van der Waals surface area contributed by atoms with E-state index in [-0.39, 0.29) is 12.3 Å². The van der Waals surface area contributed by atoms with Gasteiger partial charge in [-0.25, -0.2) is 4.79 Å². The summed E-state index contributed by atoms with van der Waals surface area (Å²) in [5.74, 6) is -0.245. The van der Waals surface area contributed by atoms with Crippen molar-refractivity contribution in [3.63, 3.8) is 0 Å². The van der Waals surface area contributed by atoms with Crippen LogP contribution in [0.25, 0.3) is 0 Å². The number of aryl methyl sites for hydroxylation is 2. The number of carbonyl (C=O) groups excluding carboxylic acids is 1. The van der Waals surface area contributed by atoms with Gasteiger partial charge in [-0.05, 0) is 41.2 Å². The quantitative estimate of drug-likeness (QED) is 0.379. The summed E-state index contributed by atoms with van der Waals surface area (Å²) in [4.78, 5) is 17.2. The van der Waals surface area contributed by atoms with Gasteiger partial charge in [-0.1, -0.05) is 11.2 Å². The first kappa shape index (κ1) is 15.7. The number of nitrogens with zero attached hydrogens (tertiary/aromatic N) is 3. The predicted octanol–water partition coefficient (Wildman–Crippen LogP) is 2.58. The average Bonchev–Trinajstić information content (AvgIpc) is 3.08. The van der Waals surface area contributed by atoms with E-state index in [1.165, 1.54) is 11.3 Å². The highest BCUT2D eigenvalue weighted by molar-refractivity contribution is 9.10. The summed E-state index contributed by atoms with van der Waals surface area (Å²) in [7, 11) is 0. The molecule has 6 nitrogen and oxygen atoms in total. The number of rotatable bonds is 5. The Morgan fingerprint density at radius 3 is 2.90 bits per heavy atom. The summed E-state index contributed by atoms with van der Waals surface area (Å²) in [5, 5.41) is 9.84. The first-order valence-electron chi connectivity index (χ1n) is 6.25. The smallest absolute Gasteiger partial charge is 0.336 e. The van der Waals surface area contributed by atoms with Gasteiger partial charge in [0.1, 0.15) is 0 Å². The van der Waals surface area contributed by atoms with E-state index in [0.717, 1.165) is 20.7 Å². The van der Waals surface area contributed by atoms with Crippen molar-refractivity contribution < 1.29 is 9.63 Å². The molecular formula is C13H15BrN4O2S. The van der Waals surface area contributed by atoms with E-state index in [2.05, 4.69) is 26.2 Å². The molecule has 0 saturated carbocycles. The zero-order valence-electron chi connectivity index (χ0n) is 11.7. The van der Waals surface area contributed by atoms with Crippen molar-refractivity contribution in [1.82, 2.24) is 9.78 Å². The minimum absolute atomic E-state index is 0.176. The lowest BCUT2D eigenvalue weighted by Crippen LogP contribution is -2.15. The zero-order chi connectivity index (χ0) is 15.4. The molecule has 0 fully saturated rings. The van der Waals surface area contributed by atoms with E-state index >= 15 is 0 Å². The van der Waals surface area contributed by atoms with Crippen molar-refractivity contribution in [1.29, 1.82) is 0 Å². The topological polar surface area (TPSA) is 82.5 Å². The molecule has 0 aliphatic rings. The van der Waals surface area contributed by atoms with Crippen LogP contribution in [-0.2, 0) is 16.2 Å². The summed E-state index contributed by atoms with van der Waals surface area (Å²) in [5.41, 5.74) is 7.57. The van der Waals surface area contributed by atoms with Gasteiger partial charge in [0, 0.05) is 5.69 Å². The van der Waals surface area contributed by atoms with Crippen molar-refractivity contribution in [3.05, 3.63) is 38.3 Å². The van der Waals surface area contributed by atoms with Crippen LogP contribution in [0.4, 0.5) is 0 Å². The number of hydrogen-bond acceptors (Lipinski definition) is 5. The Morgan fingerprint density at radius 2 is 2.33 bits per heavy atom. The molecule has 8 heteroatoms. The third-order valence-corrected chi connectivity index (χ3v) is 4.88. The molecule has 0 aromatic carbocycles. The van der Waals surface area contributed by atoms with Gasteiger partial charge in [0.05, 0.1) is 28.0 Å². The molecule has 0 radical (unpaired) electrons. The molecule has 0 atom stereocenters. The van der Waals surface area contributed by atoms with E-state index in [4.69, 9.17) is 10.6 Å². The maximum atomic E-state index is 11.7. The Labute approximate surface area is 134 Å². The highest BCUT2D eigenvalue weighted by Crippen LogP contribution is 2.19. The minimum atomic E-state index is -0.446. The van der Waals surface area contributed by atoms with Crippen LogP contribution in [0.1, 0.15) is 22.7 Å². The van der Waals surface area contributed by atoms with Gasteiger partial charge in [0.15, 0.2) is 5.84 Å². The number of oxime groups is 1. The van der Waals surface area contributed by atoms with Gasteiger partial charge in [0.25, 0.3) is 0 Å². The summed E-state index contributed by atoms with van der Waals surface area (Å²) in [6.07, 6.45) is 0.176. The molecule has 0 aliphatic heterocycles. The molecule has 0 bridgehead atoms. The van der Waals surface area contributed by atoms with E-state index in [0.29, 0.717) is 6.54 Å². The Balaban J connectivity index is 1.88. The van der Waals surface area contributed by atoms with Crippen LogP contribution < -0.4 is 5.73 Å². The molecule has 112 valence electrons. The molecule has 2 rings (SSSR count). The second-order valence-corrected chi connectivity index (χ2v) is 6.12. The number of halogens is 1. The van der Waals surface area contributed by atoms with E-state index < -0.39 is 5.97 Å². The molecular weight excluding hydrogens is 356 g/mol. The number of thiophene rings is 1. The molecule has 0 unspecified atom stereocenters. The van der Waals surface area contributed by atoms with Crippen LogP contribution in [0.3, 0.4) is 0 Å². The largest absolute Gasteiger partial charge is 0.380 e. The van der Waals surface area contributed by atoms with Crippen LogP contribution in [0.2, 0.25) is 0 Å². The second kappa shape index (κ2) is 6.86. The highest BCUT2D eigenvalue weighted by Gasteiger charge is 2.11. The fourth-order valence-corrected chi connectivity index (χ4v) is 2.61. The maximum Gasteiger partial charge on any atom is 0.336 e. The van der Waals surface area contributed by atoms with Crippen LogP contribution in [0.5, 0.6) is 0 Å². The minimum Gasteiger partial charge on any atom is -0.380 e. The van der Waals surface area contributed by atoms with E-state index in [9.17, 15) is 4.79 Å². The first-order chi connectivity index (χ1) is 9.99. The molecule has 2 aromatic rings. The third-order valence-electron chi connectivity index (χ3n) is 2.84. The fraction of sp³-hybridized carbons (Fsp3) is 0.308. The van der Waals surface area contributed by atoms with Crippen LogP contribution in [0.15, 0.2) is 27.1 Å². The third kappa shape index (κ3) is 3.92. The summed E-state index contributed by atoms with van der Waals surface area (Å²) in [6.45, 7) is 4.27. The molecule has 21 heavy (non-hydrogen) atoms. The van der Waals surface area contributed by atoms with Crippen LogP contribution in [-0.4, -0.2) is 21.6 Å². The van der Waals surface area contributed by atoms with Gasteiger partial charge >= 0.3 is 5.97 Å². The standard InChI is InChI=1S/C13H15BrN4O2S/c1-8-12(14)9(2)18(16-8)6-5-11(19)20-17-13(15)10-4-3-7-21-10/h3-4,7H,5-6H2,1-2H3,(H2,15,17). The molecule has 0 aliphatic carbocycles. The lowest BCUT2D eigenvalue weighted by molar-refractivity contribution is -0.144. The molecule has 0 spiro atoms. The van der Waals surface area contributed by atoms with Crippen molar-refractivity contribution >= 4 is 39.1 Å². The van der Waals surface area contributed by atoms with Gasteiger partial charge in [-0.15, -0.1) is 11.3 Å². The van der Waals surface area contributed by atoms with E-state index in [1.807, 2.05) is 31.4 Å². The van der Waals surface area contributed by atoms with Gasteiger partial charge < -0.3 is 10.6 Å². The SMILES string of the molecule is Cc1nn(CCC(=O)O/N=C(\N)c2cccs2)c(C)c1Br. The van der Waals surface area contributed by atoms with Gasteiger partial charge in [-0.3, -0.25) is 4.68 Å². The molecule has 0 saturated heterocycles.